The van der Waals surface area contributed by atoms with Crippen LogP contribution >= 0.6 is 23.2 Å². The third-order valence-corrected chi connectivity index (χ3v) is 7.13. The number of fused-ring (bicyclic) bond motifs is 1. The van der Waals surface area contributed by atoms with Gasteiger partial charge in [-0.15, -0.1) is 0 Å². The van der Waals surface area contributed by atoms with Crippen molar-refractivity contribution in [3.8, 4) is 22.8 Å². The molecule has 2 N–H and O–H groups in total. The molecular formula is C27H22Cl2FN3O4. The zero-order valence-electron chi connectivity index (χ0n) is 19.7. The lowest BCUT2D eigenvalue weighted by Crippen LogP contribution is -2.43. The Morgan fingerprint density at radius 2 is 1.81 bits per heavy atom. The van der Waals surface area contributed by atoms with Gasteiger partial charge in [0.2, 0.25) is 5.88 Å². The maximum Gasteiger partial charge on any atom is 0.334 e. The van der Waals surface area contributed by atoms with Crippen molar-refractivity contribution < 1.29 is 13.9 Å². The lowest BCUT2D eigenvalue weighted by molar-refractivity contribution is 0.340. The monoisotopic (exact) mass is 541 g/mol. The molecule has 0 fully saturated rings. The molecule has 0 saturated heterocycles. The van der Waals surface area contributed by atoms with Gasteiger partial charge in [0.05, 0.1) is 18.7 Å². The van der Waals surface area contributed by atoms with Crippen LogP contribution < -0.4 is 26.5 Å². The minimum absolute atomic E-state index is 0.0287. The third kappa shape index (κ3) is 4.31. The van der Waals surface area contributed by atoms with Crippen LogP contribution in [0.25, 0.3) is 11.1 Å². The van der Waals surface area contributed by atoms with Gasteiger partial charge in [-0.1, -0.05) is 71.7 Å². The van der Waals surface area contributed by atoms with Gasteiger partial charge in [0, 0.05) is 22.2 Å². The van der Waals surface area contributed by atoms with Crippen LogP contribution in [0, 0.1) is 5.82 Å². The molecule has 1 aliphatic rings. The lowest BCUT2D eigenvalue weighted by Gasteiger charge is -2.20. The summed E-state index contributed by atoms with van der Waals surface area (Å²) in [6.07, 6.45) is 0. The Hall–Kier alpha value is -3.59. The molecule has 4 aromatic rings. The largest absolute Gasteiger partial charge is 0.495 e. The zero-order chi connectivity index (χ0) is 26.3. The quantitative estimate of drug-likeness (QED) is 0.378. The van der Waals surface area contributed by atoms with Gasteiger partial charge >= 0.3 is 5.69 Å². The lowest BCUT2D eigenvalue weighted by atomic mass is 10.0. The van der Waals surface area contributed by atoms with E-state index >= 15 is 0 Å². The molecule has 0 aliphatic carbocycles. The number of aromatic nitrogens is 2. The van der Waals surface area contributed by atoms with Crippen LogP contribution in [0.3, 0.4) is 0 Å². The summed E-state index contributed by atoms with van der Waals surface area (Å²) in [5.41, 5.74) is 6.24. The third-order valence-electron chi connectivity index (χ3n) is 6.41. The van der Waals surface area contributed by atoms with Gasteiger partial charge in [-0.25, -0.2) is 9.18 Å². The molecule has 2 heterocycles. The van der Waals surface area contributed by atoms with E-state index in [0.29, 0.717) is 11.3 Å². The Bertz CT molecular complexity index is 1580. The van der Waals surface area contributed by atoms with Crippen molar-refractivity contribution >= 4 is 23.2 Å². The van der Waals surface area contributed by atoms with E-state index in [2.05, 4.69) is 0 Å². The first kappa shape index (κ1) is 25.1. The van der Waals surface area contributed by atoms with Gasteiger partial charge in [0.25, 0.3) is 5.56 Å². The summed E-state index contributed by atoms with van der Waals surface area (Å²) in [7, 11) is 1.45. The standard InChI is InChI=1S/C27H22Cl2FN3O4/c1-36-21-12-5-9-16(24(21)29)22-25(34)32(13-19(31)15-7-3-2-4-8-15)27(35)33-20(14-37-26(22)33)23-17(28)10-6-11-18(23)30/h2-12,19-20H,13-14,31H2,1H3. The Kier molecular flexibility index (Phi) is 6.81. The first-order chi connectivity index (χ1) is 17.8. The van der Waals surface area contributed by atoms with E-state index in [0.717, 1.165) is 10.1 Å². The molecule has 0 amide bonds. The van der Waals surface area contributed by atoms with E-state index < -0.39 is 29.1 Å². The predicted octanol–water partition coefficient (Wildman–Crippen LogP) is 4.81. The van der Waals surface area contributed by atoms with Crippen molar-refractivity contribution in [2.45, 2.75) is 18.6 Å². The van der Waals surface area contributed by atoms with Gasteiger partial charge in [-0.2, -0.15) is 0 Å². The van der Waals surface area contributed by atoms with Gasteiger partial charge in [0.1, 0.15) is 29.8 Å². The number of halogens is 3. The summed E-state index contributed by atoms with van der Waals surface area (Å²) in [5, 5.41) is 0.298. The van der Waals surface area contributed by atoms with Crippen molar-refractivity contribution in [1.82, 2.24) is 9.13 Å². The summed E-state index contributed by atoms with van der Waals surface area (Å²) >= 11 is 12.9. The number of hydrogen-bond donors (Lipinski definition) is 1. The summed E-state index contributed by atoms with van der Waals surface area (Å²) in [6, 6.07) is 16.7. The van der Waals surface area contributed by atoms with Crippen molar-refractivity contribution in [3.05, 3.63) is 115 Å². The zero-order valence-corrected chi connectivity index (χ0v) is 21.2. The van der Waals surface area contributed by atoms with Crippen LogP contribution in [0.1, 0.15) is 23.2 Å². The number of nitrogens with zero attached hydrogens (tertiary/aromatic N) is 2. The fourth-order valence-electron chi connectivity index (χ4n) is 4.60. The number of benzene rings is 3. The fourth-order valence-corrected chi connectivity index (χ4v) is 5.18. The van der Waals surface area contributed by atoms with E-state index in [-0.39, 0.29) is 40.2 Å². The normalized spacial score (nSPS) is 15.2. The van der Waals surface area contributed by atoms with Gasteiger partial charge in [-0.3, -0.25) is 13.9 Å². The molecule has 37 heavy (non-hydrogen) atoms. The Morgan fingerprint density at radius 1 is 1.08 bits per heavy atom. The molecule has 3 aromatic carbocycles. The van der Waals surface area contributed by atoms with Crippen LogP contribution in [0.2, 0.25) is 10.0 Å². The second kappa shape index (κ2) is 10.0. The van der Waals surface area contributed by atoms with E-state index in [9.17, 15) is 14.0 Å². The van der Waals surface area contributed by atoms with Gasteiger partial charge in [0.15, 0.2) is 0 Å². The fraction of sp³-hybridized carbons (Fsp3) is 0.185. The molecule has 5 rings (SSSR count). The van der Waals surface area contributed by atoms with Crippen LogP contribution in [0.4, 0.5) is 4.39 Å². The number of rotatable bonds is 6. The van der Waals surface area contributed by atoms with E-state index in [1.807, 2.05) is 30.3 Å². The molecule has 2 unspecified atom stereocenters. The molecule has 0 bridgehead atoms. The Labute approximate surface area is 221 Å². The average Bonchev–Trinajstić information content (AvgIpc) is 3.32. The van der Waals surface area contributed by atoms with Crippen LogP contribution in [-0.2, 0) is 6.54 Å². The summed E-state index contributed by atoms with van der Waals surface area (Å²) in [6.45, 7) is -0.243. The second-order valence-electron chi connectivity index (χ2n) is 8.55. The van der Waals surface area contributed by atoms with Crippen molar-refractivity contribution in [2.24, 2.45) is 5.73 Å². The molecule has 2 atom stereocenters. The first-order valence-corrected chi connectivity index (χ1v) is 12.2. The molecule has 0 saturated carbocycles. The van der Waals surface area contributed by atoms with Crippen LogP contribution in [0.15, 0.2) is 76.3 Å². The highest BCUT2D eigenvalue weighted by molar-refractivity contribution is 6.35. The van der Waals surface area contributed by atoms with E-state index in [1.165, 1.54) is 29.9 Å². The highest BCUT2D eigenvalue weighted by Crippen LogP contribution is 2.42. The molecule has 0 spiro atoms. The molecule has 0 radical (unpaired) electrons. The second-order valence-corrected chi connectivity index (χ2v) is 9.33. The summed E-state index contributed by atoms with van der Waals surface area (Å²) < 4.78 is 28.4. The summed E-state index contributed by atoms with van der Waals surface area (Å²) in [4.78, 5) is 27.7. The van der Waals surface area contributed by atoms with Crippen molar-refractivity contribution in [3.63, 3.8) is 0 Å². The van der Waals surface area contributed by atoms with E-state index in [1.54, 1.807) is 18.2 Å². The molecule has 7 nitrogen and oxygen atoms in total. The average molecular weight is 542 g/mol. The summed E-state index contributed by atoms with van der Waals surface area (Å²) in [5.74, 6) is -0.290. The molecule has 1 aliphatic heterocycles. The number of hydrogen-bond acceptors (Lipinski definition) is 5. The first-order valence-electron chi connectivity index (χ1n) is 11.4. The van der Waals surface area contributed by atoms with Crippen LogP contribution in [0.5, 0.6) is 11.6 Å². The molecular weight excluding hydrogens is 520 g/mol. The number of ether oxygens (including phenoxy) is 2. The van der Waals surface area contributed by atoms with Crippen molar-refractivity contribution in [2.75, 3.05) is 13.7 Å². The highest BCUT2D eigenvalue weighted by atomic mass is 35.5. The topological polar surface area (TPSA) is 88.5 Å². The Balaban J connectivity index is 1.78. The Morgan fingerprint density at radius 3 is 2.51 bits per heavy atom. The SMILES string of the molecule is COc1cccc(-c2c3n(c(=O)n(CC(N)c4ccccc4)c2=O)C(c2c(F)cccc2Cl)CO3)c1Cl. The predicted molar refractivity (Wildman–Crippen MR) is 140 cm³/mol. The maximum absolute atomic E-state index is 14.9. The highest BCUT2D eigenvalue weighted by Gasteiger charge is 2.36. The molecule has 10 heteroatoms. The van der Waals surface area contributed by atoms with E-state index in [4.69, 9.17) is 38.4 Å². The van der Waals surface area contributed by atoms with Gasteiger partial charge < -0.3 is 15.2 Å². The maximum atomic E-state index is 14.9. The smallest absolute Gasteiger partial charge is 0.334 e. The van der Waals surface area contributed by atoms with Crippen molar-refractivity contribution in [1.29, 1.82) is 0 Å². The number of methoxy groups -OCH3 is 1. The van der Waals surface area contributed by atoms with Crippen LogP contribution in [-0.4, -0.2) is 22.9 Å². The molecule has 1 aromatic heterocycles. The minimum Gasteiger partial charge on any atom is -0.495 e. The minimum atomic E-state index is -0.917. The molecule has 190 valence electrons. The van der Waals surface area contributed by atoms with Gasteiger partial charge in [-0.05, 0) is 23.8 Å². The number of nitrogens with two attached hydrogens (primary N) is 1.